The normalized spacial score (nSPS) is 15.2. The Hall–Kier alpha value is -1.65. The van der Waals surface area contributed by atoms with E-state index in [2.05, 4.69) is 15.3 Å². The third-order valence-electron chi connectivity index (χ3n) is 3.20. The van der Waals surface area contributed by atoms with Crippen LogP contribution in [0.25, 0.3) is 0 Å². The molecule has 0 aliphatic carbocycles. The van der Waals surface area contributed by atoms with Crippen molar-refractivity contribution in [1.29, 1.82) is 0 Å². The summed E-state index contributed by atoms with van der Waals surface area (Å²) in [6, 6.07) is 0.188. The van der Waals surface area contributed by atoms with Crippen LogP contribution in [0.1, 0.15) is 30.8 Å². The smallest absolute Gasteiger partial charge is 0.317 e. The number of rotatable bonds is 1. The van der Waals surface area contributed by atoms with Gasteiger partial charge in [0.2, 0.25) is 0 Å². The minimum Gasteiger partial charge on any atom is -0.336 e. The Balaban J connectivity index is 2.08. The molecule has 0 saturated heterocycles. The molecule has 0 spiro atoms. The first-order valence-electron chi connectivity index (χ1n) is 6.42. The van der Waals surface area contributed by atoms with Gasteiger partial charge in [-0.3, -0.25) is 0 Å². The molecule has 2 rings (SSSR count). The number of urea groups is 1. The maximum Gasteiger partial charge on any atom is 0.317 e. The van der Waals surface area contributed by atoms with Gasteiger partial charge in [-0.1, -0.05) is 0 Å². The SMILES string of the molecule is Cc1ncnc2c1CCN(C(=O)NC(C)C)CC2. The molecule has 1 N–H and O–H groups in total. The number of carbonyl (C=O) groups is 1. The van der Waals surface area contributed by atoms with Crippen molar-refractivity contribution < 1.29 is 4.79 Å². The molecule has 1 aromatic rings. The third-order valence-corrected chi connectivity index (χ3v) is 3.20. The zero-order chi connectivity index (χ0) is 13.1. The predicted octanol–water partition coefficient (Wildman–Crippen LogP) is 1.30. The van der Waals surface area contributed by atoms with Gasteiger partial charge in [-0.25, -0.2) is 14.8 Å². The molecule has 0 bridgehead atoms. The molecule has 0 radical (unpaired) electrons. The fraction of sp³-hybridized carbons (Fsp3) is 0.615. The van der Waals surface area contributed by atoms with E-state index >= 15 is 0 Å². The Bertz CT molecular complexity index is 445. The highest BCUT2D eigenvalue weighted by atomic mass is 16.2. The first-order chi connectivity index (χ1) is 8.58. The highest BCUT2D eigenvalue weighted by Crippen LogP contribution is 2.15. The molecule has 2 amide bonds. The van der Waals surface area contributed by atoms with Crippen LogP contribution in [0.2, 0.25) is 0 Å². The van der Waals surface area contributed by atoms with E-state index in [0.717, 1.165) is 37.3 Å². The van der Waals surface area contributed by atoms with E-state index in [1.807, 2.05) is 25.7 Å². The molecular formula is C13H20N4O. The lowest BCUT2D eigenvalue weighted by Gasteiger charge is -2.22. The summed E-state index contributed by atoms with van der Waals surface area (Å²) in [4.78, 5) is 22.4. The first-order valence-corrected chi connectivity index (χ1v) is 6.42. The van der Waals surface area contributed by atoms with Gasteiger partial charge in [-0.05, 0) is 32.8 Å². The van der Waals surface area contributed by atoms with Crippen molar-refractivity contribution in [2.45, 2.75) is 39.7 Å². The van der Waals surface area contributed by atoms with Gasteiger partial charge in [0.15, 0.2) is 0 Å². The maximum atomic E-state index is 12.0. The number of amides is 2. The first kappa shape index (κ1) is 12.8. The second-order valence-corrected chi connectivity index (χ2v) is 4.98. The molecule has 0 unspecified atom stereocenters. The Morgan fingerprint density at radius 3 is 2.78 bits per heavy atom. The summed E-state index contributed by atoms with van der Waals surface area (Å²) in [5.41, 5.74) is 3.32. The third kappa shape index (κ3) is 2.78. The Morgan fingerprint density at radius 1 is 1.33 bits per heavy atom. The van der Waals surface area contributed by atoms with Gasteiger partial charge >= 0.3 is 6.03 Å². The average molecular weight is 248 g/mol. The number of hydrogen-bond acceptors (Lipinski definition) is 3. The van der Waals surface area contributed by atoms with Crippen LogP contribution in [0.4, 0.5) is 4.79 Å². The van der Waals surface area contributed by atoms with E-state index in [4.69, 9.17) is 0 Å². The van der Waals surface area contributed by atoms with Crippen LogP contribution in [0.3, 0.4) is 0 Å². The summed E-state index contributed by atoms with van der Waals surface area (Å²) in [6.07, 6.45) is 3.26. The van der Waals surface area contributed by atoms with Crippen LogP contribution in [-0.4, -0.2) is 40.0 Å². The summed E-state index contributed by atoms with van der Waals surface area (Å²) < 4.78 is 0. The van der Waals surface area contributed by atoms with Crippen molar-refractivity contribution in [2.75, 3.05) is 13.1 Å². The predicted molar refractivity (Wildman–Crippen MR) is 69.4 cm³/mol. The van der Waals surface area contributed by atoms with Gasteiger partial charge in [0.1, 0.15) is 6.33 Å². The van der Waals surface area contributed by atoms with Gasteiger partial charge in [0.25, 0.3) is 0 Å². The Kier molecular flexibility index (Phi) is 3.79. The summed E-state index contributed by atoms with van der Waals surface area (Å²) in [5.74, 6) is 0. The molecule has 1 aromatic heterocycles. The van der Waals surface area contributed by atoms with E-state index < -0.39 is 0 Å². The minimum atomic E-state index is 0.0171. The fourth-order valence-electron chi connectivity index (χ4n) is 2.23. The molecule has 1 aliphatic rings. The quantitative estimate of drug-likeness (QED) is 0.815. The number of carbonyl (C=O) groups excluding carboxylic acids is 1. The molecule has 1 aliphatic heterocycles. The van der Waals surface area contributed by atoms with Gasteiger partial charge in [-0.15, -0.1) is 0 Å². The van der Waals surface area contributed by atoms with Crippen molar-refractivity contribution in [3.63, 3.8) is 0 Å². The topological polar surface area (TPSA) is 58.1 Å². The van der Waals surface area contributed by atoms with Crippen LogP contribution >= 0.6 is 0 Å². The minimum absolute atomic E-state index is 0.0171. The lowest BCUT2D eigenvalue weighted by Crippen LogP contribution is -2.44. The molecule has 0 aromatic carbocycles. The van der Waals surface area contributed by atoms with Crippen LogP contribution in [-0.2, 0) is 12.8 Å². The number of hydrogen-bond donors (Lipinski definition) is 1. The molecule has 5 nitrogen and oxygen atoms in total. The van der Waals surface area contributed by atoms with E-state index in [0.29, 0.717) is 0 Å². The second kappa shape index (κ2) is 5.33. The number of aryl methyl sites for hydroxylation is 1. The molecule has 18 heavy (non-hydrogen) atoms. The number of nitrogens with one attached hydrogen (secondary N) is 1. The van der Waals surface area contributed by atoms with Crippen LogP contribution in [0.5, 0.6) is 0 Å². The molecule has 5 heteroatoms. The summed E-state index contributed by atoms with van der Waals surface area (Å²) in [6.45, 7) is 7.41. The van der Waals surface area contributed by atoms with Gasteiger partial charge in [0, 0.05) is 36.9 Å². The zero-order valence-electron chi connectivity index (χ0n) is 11.2. The maximum absolute atomic E-state index is 12.0. The lowest BCUT2D eigenvalue weighted by molar-refractivity contribution is 0.197. The zero-order valence-corrected chi connectivity index (χ0v) is 11.2. The van der Waals surface area contributed by atoms with Gasteiger partial charge < -0.3 is 10.2 Å². The summed E-state index contributed by atoms with van der Waals surface area (Å²) in [7, 11) is 0. The van der Waals surface area contributed by atoms with Crippen molar-refractivity contribution >= 4 is 6.03 Å². The van der Waals surface area contributed by atoms with Crippen molar-refractivity contribution in [3.05, 3.63) is 23.3 Å². The molecule has 2 heterocycles. The summed E-state index contributed by atoms with van der Waals surface area (Å²) >= 11 is 0. The molecule has 0 fully saturated rings. The van der Waals surface area contributed by atoms with Crippen molar-refractivity contribution in [3.8, 4) is 0 Å². The fourth-order valence-corrected chi connectivity index (χ4v) is 2.23. The number of aromatic nitrogens is 2. The van der Waals surface area contributed by atoms with Gasteiger partial charge in [0.05, 0.1) is 0 Å². The van der Waals surface area contributed by atoms with E-state index in [1.54, 1.807) is 6.33 Å². The van der Waals surface area contributed by atoms with Crippen LogP contribution in [0.15, 0.2) is 6.33 Å². The van der Waals surface area contributed by atoms with Crippen molar-refractivity contribution in [2.24, 2.45) is 0 Å². The number of fused-ring (bicyclic) bond motifs is 1. The van der Waals surface area contributed by atoms with Crippen LogP contribution in [0, 0.1) is 6.92 Å². The molecule has 98 valence electrons. The largest absolute Gasteiger partial charge is 0.336 e. The van der Waals surface area contributed by atoms with Gasteiger partial charge in [-0.2, -0.15) is 0 Å². The molecular weight excluding hydrogens is 228 g/mol. The highest BCUT2D eigenvalue weighted by molar-refractivity contribution is 5.74. The van der Waals surface area contributed by atoms with Crippen molar-refractivity contribution in [1.82, 2.24) is 20.2 Å². The Labute approximate surface area is 108 Å². The van der Waals surface area contributed by atoms with Crippen LogP contribution < -0.4 is 5.32 Å². The lowest BCUT2D eigenvalue weighted by atomic mass is 10.1. The average Bonchev–Trinajstić information content (AvgIpc) is 2.51. The monoisotopic (exact) mass is 248 g/mol. The highest BCUT2D eigenvalue weighted by Gasteiger charge is 2.20. The molecule has 0 atom stereocenters. The van der Waals surface area contributed by atoms with E-state index in [-0.39, 0.29) is 12.1 Å². The van der Waals surface area contributed by atoms with E-state index in [9.17, 15) is 4.79 Å². The second-order valence-electron chi connectivity index (χ2n) is 4.98. The summed E-state index contributed by atoms with van der Waals surface area (Å²) in [5, 5.41) is 2.93. The number of nitrogens with zero attached hydrogens (tertiary/aromatic N) is 3. The Morgan fingerprint density at radius 2 is 2.06 bits per heavy atom. The molecule has 0 saturated carbocycles. The van der Waals surface area contributed by atoms with E-state index in [1.165, 1.54) is 5.56 Å². The standard InChI is InChI=1S/C13H20N4O/c1-9(2)16-13(18)17-6-4-11-10(3)14-8-15-12(11)5-7-17/h8-9H,4-7H2,1-3H3,(H,16,18).